The number of hydrogen-bond acceptors (Lipinski definition) is 16. The molecule has 1 aliphatic heterocycles. The summed E-state index contributed by atoms with van der Waals surface area (Å²) in [7, 11) is 10.3. The number of ketones is 1. The molecule has 0 radical (unpaired) electrons. The van der Waals surface area contributed by atoms with Crippen molar-refractivity contribution in [3.8, 4) is 0 Å². The minimum absolute atomic E-state index is 0.0152. The lowest BCUT2D eigenvalue weighted by Gasteiger charge is -2.38. The SMILES string of the molecule is CC(C)C[C@@H](C(=O)N(C)[C@@H](CC(C)C)C(=O)N[C@@H](CC(=O)N(C)CC(=O)N(C)[C@]1(CC(C)C)C(=O)C1N[C@H](C(=O)N(C)[C@@H](Cc1ccccc1)C(=O)N(C)[C@@H](Cc1ccccc1)C(=O)N[C@@H](COC(C)(C)C)C(=O)N(C)[C@@H](CC(C)C)C(N)=O)C(C)C)C(=O)N1CCCCC1)N(C)C(=O)CCOCCO. The number of aliphatic hydroxyl groups excluding tert-OH is 1. The lowest BCUT2D eigenvalue weighted by molar-refractivity contribution is -0.150. The molecule has 4 rings (SSSR count). The van der Waals surface area contributed by atoms with Crippen molar-refractivity contribution in [3.05, 3.63) is 71.8 Å². The van der Waals surface area contributed by atoms with E-state index in [0.29, 0.717) is 37.1 Å². The Labute approximate surface area is 624 Å². The third-order valence-corrected chi connectivity index (χ3v) is 19.8. The number of Topliss-reactive ketones (excluding diaryl/α,β-unsaturated/α-hetero) is 1. The smallest absolute Gasteiger partial charge is 0.247 e. The fraction of sp³-hybridized carbons (Fsp3) is 0.692. The average Bonchev–Trinajstić information content (AvgIpc) is 1.54. The fourth-order valence-electron chi connectivity index (χ4n) is 13.5. The first kappa shape index (κ1) is 89.5. The predicted molar refractivity (Wildman–Crippen MR) is 401 cm³/mol. The Morgan fingerprint density at radius 1 is 0.571 bits per heavy atom. The van der Waals surface area contributed by atoms with Gasteiger partial charge in [-0.05, 0) is 106 Å². The number of likely N-dealkylation sites (tertiary alicyclic amines) is 1. The van der Waals surface area contributed by atoms with Crippen LogP contribution in [0, 0.1) is 29.6 Å². The monoisotopic (exact) mass is 1470 g/mol. The van der Waals surface area contributed by atoms with Crippen LogP contribution in [0.25, 0.3) is 0 Å². The molecule has 1 unspecified atom stereocenters. The second-order valence-corrected chi connectivity index (χ2v) is 31.7. The van der Waals surface area contributed by atoms with Crippen molar-refractivity contribution in [1.82, 2.24) is 55.1 Å². The molecule has 1 aliphatic carbocycles. The zero-order valence-corrected chi connectivity index (χ0v) is 66.4. The average molecular weight is 1470 g/mol. The molecule has 10 atom stereocenters. The van der Waals surface area contributed by atoms with Crippen molar-refractivity contribution < 1.29 is 72.1 Å². The number of benzene rings is 2. The van der Waals surface area contributed by atoms with Crippen LogP contribution in [0.15, 0.2) is 60.7 Å². The van der Waals surface area contributed by atoms with E-state index in [1.165, 1.54) is 78.7 Å². The number of ether oxygens (including phenoxy) is 2. The first-order valence-corrected chi connectivity index (χ1v) is 37.3. The van der Waals surface area contributed by atoms with Gasteiger partial charge >= 0.3 is 0 Å². The summed E-state index contributed by atoms with van der Waals surface area (Å²) in [4.78, 5) is 185. The van der Waals surface area contributed by atoms with E-state index in [9.17, 15) is 43.2 Å². The lowest BCUT2D eigenvalue weighted by Crippen LogP contribution is -2.61. The Kier molecular flexibility index (Phi) is 35.2. The number of rotatable bonds is 42. The van der Waals surface area contributed by atoms with Gasteiger partial charge in [0, 0.05) is 75.3 Å². The zero-order valence-electron chi connectivity index (χ0n) is 66.4. The topological polar surface area (TPSA) is 332 Å². The summed E-state index contributed by atoms with van der Waals surface area (Å²) in [5.41, 5.74) is 4.92. The van der Waals surface area contributed by atoms with Gasteiger partial charge in [0.1, 0.15) is 53.9 Å². The molecule has 0 spiro atoms. The second kappa shape index (κ2) is 41.3. The van der Waals surface area contributed by atoms with Crippen molar-refractivity contribution >= 4 is 70.8 Å². The van der Waals surface area contributed by atoms with Crippen molar-refractivity contribution in [2.24, 2.45) is 35.3 Å². The van der Waals surface area contributed by atoms with Gasteiger partial charge in [0.25, 0.3) is 0 Å². The summed E-state index contributed by atoms with van der Waals surface area (Å²) in [6.45, 7) is 23.9. The molecule has 27 nitrogen and oxygen atoms in total. The molecular weight excluding hydrogens is 1340 g/mol. The van der Waals surface area contributed by atoms with Crippen molar-refractivity contribution in [1.29, 1.82) is 0 Å². The van der Waals surface area contributed by atoms with Crippen LogP contribution in [0.3, 0.4) is 0 Å². The fourth-order valence-corrected chi connectivity index (χ4v) is 13.5. The summed E-state index contributed by atoms with van der Waals surface area (Å²) in [5.74, 6) is -7.95. The van der Waals surface area contributed by atoms with Gasteiger partial charge in [0.15, 0.2) is 5.78 Å². The highest BCUT2D eigenvalue weighted by Gasteiger charge is 2.69. The van der Waals surface area contributed by atoms with Crippen LogP contribution in [0.1, 0.15) is 159 Å². The molecule has 1 saturated heterocycles. The number of primary amides is 1. The summed E-state index contributed by atoms with van der Waals surface area (Å²) < 4.78 is 11.4. The van der Waals surface area contributed by atoms with Crippen molar-refractivity contribution in [3.63, 3.8) is 0 Å². The zero-order chi connectivity index (χ0) is 79.1. The van der Waals surface area contributed by atoms with E-state index in [2.05, 4.69) is 16.0 Å². The van der Waals surface area contributed by atoms with Gasteiger partial charge in [-0.1, -0.05) is 130 Å². The maximum atomic E-state index is 15.6. The molecule has 0 bridgehead atoms. The Bertz CT molecular complexity index is 3230. The maximum Gasteiger partial charge on any atom is 0.247 e. The molecular formula is C78H126N12O15. The molecule has 27 heteroatoms. The van der Waals surface area contributed by atoms with E-state index < -0.39 is 143 Å². The first-order valence-electron chi connectivity index (χ1n) is 37.3. The minimum Gasteiger partial charge on any atom is -0.394 e. The van der Waals surface area contributed by atoms with Gasteiger partial charge in [-0.3, -0.25) is 62.9 Å². The van der Waals surface area contributed by atoms with Crippen molar-refractivity contribution in [2.45, 2.75) is 226 Å². The van der Waals surface area contributed by atoms with Crippen molar-refractivity contribution in [2.75, 3.05) is 95.4 Å². The van der Waals surface area contributed by atoms with E-state index in [1.807, 2.05) is 79.7 Å². The van der Waals surface area contributed by atoms with Crippen LogP contribution in [0.4, 0.5) is 0 Å². The van der Waals surface area contributed by atoms with E-state index in [0.717, 1.165) is 11.3 Å². The quantitative estimate of drug-likeness (QED) is 0.0585. The van der Waals surface area contributed by atoms with E-state index in [1.54, 1.807) is 75.9 Å². The maximum absolute atomic E-state index is 15.6. The highest BCUT2D eigenvalue weighted by atomic mass is 16.5. The van der Waals surface area contributed by atoms with Gasteiger partial charge in [-0.15, -0.1) is 0 Å². The molecule has 1 saturated carbocycles. The third-order valence-electron chi connectivity index (χ3n) is 19.8. The Morgan fingerprint density at radius 2 is 1.05 bits per heavy atom. The number of nitrogens with one attached hydrogen (secondary N) is 3. The lowest BCUT2D eigenvalue weighted by atomic mass is 9.96. The molecule has 2 fully saturated rings. The number of aliphatic hydroxyl groups is 1. The molecule has 11 amide bonds. The second-order valence-electron chi connectivity index (χ2n) is 31.7. The summed E-state index contributed by atoms with van der Waals surface area (Å²) >= 11 is 0. The van der Waals surface area contributed by atoms with Crippen LogP contribution >= 0.6 is 0 Å². The molecule has 105 heavy (non-hydrogen) atoms. The predicted octanol–water partition coefficient (Wildman–Crippen LogP) is 4.08. The number of carbonyl (C=O) groups is 12. The molecule has 2 aromatic rings. The largest absolute Gasteiger partial charge is 0.394 e. The summed E-state index contributed by atoms with van der Waals surface area (Å²) in [6, 6.07) is 7.36. The standard InChI is InChI=1S/C78H126N12O15/c1-49(2)40-58(69(79)96)85(16)72(99)57(48-105-77(11,12)13)81-71(98)60(43-54-30-24-21-25-31-54)87(18)75(102)62(44-55-32-26-22-27-33-55)88(19)76(103)66(53(9)10)82-67-68(95)78(67,46-52(7)8)89(20)65(94)47-83(14)64(93)45-56(73(100)90-35-28-23-29-36-90)80-70(97)59(41-50(3)4)86(17)74(101)61(42-51(5)6)84(15)63(92)34-38-104-39-37-91/h21-22,24-27,30-33,49-53,56-62,66-67,82,91H,23,28-29,34-48H2,1-20H3,(H2,79,96)(H,80,97)(H,81,98)/t56-,57-,58-,59-,60-,61-,62-,66-,67?,78-/m0/s1. The van der Waals surface area contributed by atoms with Gasteiger partial charge in [-0.25, -0.2) is 0 Å². The highest BCUT2D eigenvalue weighted by Crippen LogP contribution is 2.44. The van der Waals surface area contributed by atoms with E-state index in [-0.39, 0.29) is 107 Å². The van der Waals surface area contributed by atoms with E-state index >= 15 is 14.4 Å². The van der Waals surface area contributed by atoms with Crippen LogP contribution in [0.2, 0.25) is 0 Å². The number of nitrogens with zero attached hydrogens (tertiary/aromatic N) is 8. The molecule has 2 aliphatic rings. The minimum atomic E-state index is -1.51. The Morgan fingerprint density at radius 3 is 1.55 bits per heavy atom. The van der Waals surface area contributed by atoms with Gasteiger partial charge in [-0.2, -0.15) is 0 Å². The number of carbonyl (C=O) groups excluding carboxylic acids is 12. The van der Waals surface area contributed by atoms with Gasteiger partial charge in [0.05, 0.1) is 57.5 Å². The van der Waals surface area contributed by atoms with E-state index in [4.69, 9.17) is 20.3 Å². The molecule has 1 heterocycles. The van der Waals surface area contributed by atoms with Crippen LogP contribution < -0.4 is 21.7 Å². The van der Waals surface area contributed by atoms with Gasteiger partial charge < -0.3 is 70.1 Å². The van der Waals surface area contributed by atoms with Crippen LogP contribution in [-0.4, -0.2) is 276 Å². The molecule has 0 aromatic heterocycles. The number of hydrogen-bond donors (Lipinski definition) is 5. The summed E-state index contributed by atoms with van der Waals surface area (Å²) in [6.07, 6.45) is 2.48. The number of likely N-dealkylation sites (N-methyl/N-ethyl adjacent to an activating group) is 7. The number of piperidine rings is 1. The van der Waals surface area contributed by atoms with Crippen LogP contribution in [0.5, 0.6) is 0 Å². The Balaban J connectivity index is 1.67. The number of amides is 11. The number of nitrogens with two attached hydrogens (primary N) is 1. The summed E-state index contributed by atoms with van der Waals surface area (Å²) in [5, 5.41) is 18.2. The van der Waals surface area contributed by atoms with Crippen LogP contribution in [-0.2, 0) is 79.8 Å². The molecule has 6 N–H and O–H groups in total. The van der Waals surface area contributed by atoms with Gasteiger partial charge in [0.2, 0.25) is 65.0 Å². The third kappa shape index (κ3) is 26.0. The first-order chi connectivity index (χ1) is 49.1. The highest BCUT2D eigenvalue weighted by molar-refractivity contribution is 6.14. The molecule has 588 valence electrons. The Hall–Kier alpha value is -7.88. The molecule has 2 aromatic carbocycles. The normalized spacial score (nSPS) is 17.6.